The van der Waals surface area contributed by atoms with Gasteiger partial charge in [0.25, 0.3) is 0 Å². The van der Waals surface area contributed by atoms with E-state index in [0.717, 1.165) is 18.9 Å². The van der Waals surface area contributed by atoms with E-state index in [-0.39, 0.29) is 0 Å². The molecule has 0 saturated heterocycles. The summed E-state index contributed by atoms with van der Waals surface area (Å²) in [5.74, 6) is 2.24. The van der Waals surface area contributed by atoms with Crippen LogP contribution in [0.25, 0.3) is 0 Å². The van der Waals surface area contributed by atoms with Gasteiger partial charge in [0.05, 0.1) is 0 Å². The number of hydrogen-bond donors (Lipinski definition) is 2. The zero-order valence-electron chi connectivity index (χ0n) is 12.4. The number of nitrogen functional groups attached to an aromatic ring is 1. The second-order valence-corrected chi connectivity index (χ2v) is 6.04. The van der Waals surface area contributed by atoms with Crippen molar-refractivity contribution < 1.29 is 0 Å². The molecule has 3 atom stereocenters. The van der Waals surface area contributed by atoms with Crippen LogP contribution in [-0.4, -0.2) is 11.5 Å². The summed E-state index contributed by atoms with van der Waals surface area (Å²) in [5, 5.41) is 3.71. The lowest BCUT2D eigenvalue weighted by Gasteiger charge is -2.27. The van der Waals surface area contributed by atoms with Crippen molar-refractivity contribution >= 4 is 5.82 Å². The average molecular weight is 261 g/mol. The van der Waals surface area contributed by atoms with E-state index in [1.165, 1.54) is 30.4 Å². The van der Waals surface area contributed by atoms with Crippen molar-refractivity contribution in [2.24, 2.45) is 11.8 Å². The molecule has 0 radical (unpaired) electrons. The highest BCUT2D eigenvalue weighted by Gasteiger charge is 2.31. The van der Waals surface area contributed by atoms with E-state index >= 15 is 0 Å². The third-order valence-electron chi connectivity index (χ3n) is 4.37. The van der Waals surface area contributed by atoms with Gasteiger partial charge in [0, 0.05) is 17.8 Å². The van der Waals surface area contributed by atoms with Crippen LogP contribution in [-0.2, 0) is 0 Å². The van der Waals surface area contributed by atoms with Crippen molar-refractivity contribution in [3.8, 4) is 0 Å². The van der Waals surface area contributed by atoms with E-state index < -0.39 is 0 Å². The lowest BCUT2D eigenvalue weighted by Crippen LogP contribution is -2.29. The van der Waals surface area contributed by atoms with Crippen molar-refractivity contribution in [1.82, 2.24) is 10.3 Å². The molecule has 0 aromatic carbocycles. The molecule has 2 rings (SSSR count). The summed E-state index contributed by atoms with van der Waals surface area (Å²) in [6, 6.07) is 2.45. The Bertz CT molecular complexity index is 396. The minimum absolute atomic E-state index is 0.374. The molecule has 1 aliphatic carbocycles. The number of rotatable bonds is 5. The highest BCUT2D eigenvalue weighted by molar-refractivity contribution is 5.46. The smallest absolute Gasteiger partial charge is 0.128 e. The van der Waals surface area contributed by atoms with E-state index in [1.54, 1.807) is 0 Å². The van der Waals surface area contributed by atoms with Crippen LogP contribution in [0.3, 0.4) is 0 Å². The molecule has 1 aromatic heterocycles. The zero-order chi connectivity index (χ0) is 13.8. The molecule has 1 aromatic rings. The topological polar surface area (TPSA) is 50.9 Å². The maximum Gasteiger partial charge on any atom is 0.128 e. The fourth-order valence-electron chi connectivity index (χ4n) is 3.35. The molecule has 0 spiro atoms. The number of hydrogen-bond acceptors (Lipinski definition) is 3. The van der Waals surface area contributed by atoms with Crippen LogP contribution in [0.4, 0.5) is 5.82 Å². The van der Waals surface area contributed by atoms with Crippen LogP contribution in [0.2, 0.25) is 0 Å². The minimum Gasteiger partial charge on any atom is -0.383 e. The van der Waals surface area contributed by atoms with Crippen LogP contribution >= 0.6 is 0 Å². The molecule has 1 aliphatic rings. The summed E-state index contributed by atoms with van der Waals surface area (Å²) in [7, 11) is 0. The van der Waals surface area contributed by atoms with Crippen LogP contribution in [0, 0.1) is 18.8 Å². The maximum atomic E-state index is 6.15. The fraction of sp³-hybridized carbons (Fsp3) is 0.688. The van der Waals surface area contributed by atoms with Crippen molar-refractivity contribution in [2.75, 3.05) is 12.3 Å². The Morgan fingerprint density at radius 2 is 2.26 bits per heavy atom. The largest absolute Gasteiger partial charge is 0.383 e. The Morgan fingerprint density at radius 1 is 1.47 bits per heavy atom. The highest BCUT2D eigenvalue weighted by atomic mass is 14.9. The molecule has 0 aliphatic heterocycles. The van der Waals surface area contributed by atoms with Gasteiger partial charge in [-0.05, 0) is 56.2 Å². The first-order chi connectivity index (χ1) is 9.13. The van der Waals surface area contributed by atoms with E-state index in [0.29, 0.717) is 17.8 Å². The monoisotopic (exact) mass is 261 g/mol. The van der Waals surface area contributed by atoms with Crippen molar-refractivity contribution in [3.63, 3.8) is 0 Å². The van der Waals surface area contributed by atoms with Crippen LogP contribution in [0.1, 0.15) is 56.7 Å². The molecule has 19 heavy (non-hydrogen) atoms. The van der Waals surface area contributed by atoms with Gasteiger partial charge in [0.1, 0.15) is 5.82 Å². The van der Waals surface area contributed by atoms with Gasteiger partial charge in [-0.3, -0.25) is 0 Å². The molecule has 1 heterocycles. The summed E-state index contributed by atoms with van der Waals surface area (Å²) in [6.07, 6.45) is 6.90. The first-order valence-corrected chi connectivity index (χ1v) is 7.57. The van der Waals surface area contributed by atoms with E-state index in [2.05, 4.69) is 37.1 Å². The second kappa shape index (κ2) is 6.38. The van der Waals surface area contributed by atoms with Gasteiger partial charge in [0.2, 0.25) is 0 Å². The van der Waals surface area contributed by atoms with Crippen LogP contribution < -0.4 is 11.1 Å². The number of nitrogens with two attached hydrogens (primary N) is 1. The SMILES string of the molecule is CCCNC(c1c(C)ccnc1N)C1CCC(C)C1. The molecule has 3 unspecified atom stereocenters. The first-order valence-electron chi connectivity index (χ1n) is 7.57. The van der Waals surface area contributed by atoms with Gasteiger partial charge in [-0.1, -0.05) is 20.3 Å². The van der Waals surface area contributed by atoms with Gasteiger partial charge >= 0.3 is 0 Å². The summed E-state index contributed by atoms with van der Waals surface area (Å²) in [4.78, 5) is 4.30. The molecule has 1 saturated carbocycles. The van der Waals surface area contributed by atoms with E-state index in [1.807, 2.05) is 6.20 Å². The molecule has 106 valence electrons. The van der Waals surface area contributed by atoms with Gasteiger partial charge < -0.3 is 11.1 Å². The minimum atomic E-state index is 0.374. The second-order valence-electron chi connectivity index (χ2n) is 6.04. The molecule has 0 amide bonds. The number of nitrogens with one attached hydrogen (secondary N) is 1. The quantitative estimate of drug-likeness (QED) is 0.853. The zero-order valence-corrected chi connectivity index (χ0v) is 12.4. The number of pyridine rings is 1. The maximum absolute atomic E-state index is 6.15. The summed E-state index contributed by atoms with van der Waals surface area (Å²) in [6.45, 7) is 7.76. The van der Waals surface area contributed by atoms with Crippen LogP contribution in [0.15, 0.2) is 12.3 Å². The van der Waals surface area contributed by atoms with Gasteiger partial charge in [-0.25, -0.2) is 4.98 Å². The predicted octanol–water partition coefficient (Wildman–Crippen LogP) is 3.45. The number of aryl methyl sites for hydroxylation is 1. The third kappa shape index (κ3) is 3.27. The molecule has 3 heteroatoms. The van der Waals surface area contributed by atoms with Gasteiger partial charge in [0.15, 0.2) is 0 Å². The van der Waals surface area contributed by atoms with Crippen molar-refractivity contribution in [1.29, 1.82) is 0 Å². The third-order valence-corrected chi connectivity index (χ3v) is 4.37. The lowest BCUT2D eigenvalue weighted by molar-refractivity contribution is 0.358. The Balaban J connectivity index is 2.26. The summed E-state index contributed by atoms with van der Waals surface area (Å²) in [5.41, 5.74) is 8.64. The number of nitrogens with zero attached hydrogens (tertiary/aromatic N) is 1. The standard InChI is InChI=1S/C16H27N3/c1-4-8-18-15(13-6-5-11(2)10-13)14-12(3)7-9-19-16(14)17/h7,9,11,13,15,18H,4-6,8,10H2,1-3H3,(H2,17,19). The van der Waals surface area contributed by atoms with Crippen LogP contribution in [0.5, 0.6) is 0 Å². The van der Waals surface area contributed by atoms with E-state index in [4.69, 9.17) is 5.73 Å². The number of aromatic nitrogens is 1. The molecule has 1 fully saturated rings. The molecular weight excluding hydrogens is 234 g/mol. The molecular formula is C16H27N3. The summed E-state index contributed by atoms with van der Waals surface area (Å²) < 4.78 is 0. The lowest BCUT2D eigenvalue weighted by atomic mass is 9.88. The Kier molecular flexibility index (Phi) is 4.81. The van der Waals surface area contributed by atoms with Crippen molar-refractivity contribution in [3.05, 3.63) is 23.4 Å². The highest BCUT2D eigenvalue weighted by Crippen LogP contribution is 2.40. The van der Waals surface area contributed by atoms with E-state index in [9.17, 15) is 0 Å². The number of anilines is 1. The Hall–Kier alpha value is -1.09. The normalized spacial score (nSPS) is 24.6. The molecule has 3 nitrogen and oxygen atoms in total. The Morgan fingerprint density at radius 3 is 2.84 bits per heavy atom. The van der Waals surface area contributed by atoms with Crippen molar-refractivity contribution in [2.45, 2.75) is 52.5 Å². The molecule has 3 N–H and O–H groups in total. The average Bonchev–Trinajstić information content (AvgIpc) is 2.79. The molecule has 0 bridgehead atoms. The van der Waals surface area contributed by atoms with Gasteiger partial charge in [-0.15, -0.1) is 0 Å². The Labute approximate surface area is 117 Å². The predicted molar refractivity (Wildman–Crippen MR) is 80.9 cm³/mol. The first kappa shape index (κ1) is 14.3. The summed E-state index contributed by atoms with van der Waals surface area (Å²) >= 11 is 0. The fourth-order valence-corrected chi connectivity index (χ4v) is 3.35. The van der Waals surface area contributed by atoms with Gasteiger partial charge in [-0.2, -0.15) is 0 Å².